The third-order valence-electron chi connectivity index (χ3n) is 5.69. The van der Waals surface area contributed by atoms with Crippen molar-refractivity contribution in [3.05, 3.63) is 129 Å². The lowest BCUT2D eigenvalue weighted by Gasteiger charge is -2.18. The first kappa shape index (κ1) is 25.7. The maximum atomic E-state index is 13.4. The topological polar surface area (TPSA) is 101 Å². The number of rotatable bonds is 8. The molecule has 0 aliphatic carbocycles. The lowest BCUT2D eigenvalue weighted by molar-refractivity contribution is -0.384. The summed E-state index contributed by atoms with van der Waals surface area (Å²) in [6, 6.07) is 28.1. The van der Waals surface area contributed by atoms with Crippen molar-refractivity contribution >= 4 is 40.6 Å². The van der Waals surface area contributed by atoms with E-state index in [1.54, 1.807) is 12.1 Å². The SMILES string of the molecule is Cc1ccc(NC(=O)C(Sc2ccc(NC(=O)c3ccc([N+](=O)[O-])cc3)cc2)c2ccccc2)c(C)c1. The third kappa shape index (κ3) is 6.62. The van der Waals surface area contributed by atoms with Crippen LogP contribution in [-0.4, -0.2) is 16.7 Å². The number of carbonyl (C=O) groups is 2. The van der Waals surface area contributed by atoms with Crippen molar-refractivity contribution in [1.29, 1.82) is 0 Å². The van der Waals surface area contributed by atoms with Gasteiger partial charge in [0.1, 0.15) is 5.25 Å². The minimum absolute atomic E-state index is 0.0764. The van der Waals surface area contributed by atoms with Crippen LogP contribution in [-0.2, 0) is 4.79 Å². The van der Waals surface area contributed by atoms with E-state index in [-0.39, 0.29) is 17.5 Å². The molecule has 2 N–H and O–H groups in total. The number of nitro benzene ring substituents is 1. The van der Waals surface area contributed by atoms with Gasteiger partial charge in [0.05, 0.1) is 4.92 Å². The molecule has 186 valence electrons. The van der Waals surface area contributed by atoms with Gasteiger partial charge in [0.2, 0.25) is 5.91 Å². The molecular weight excluding hydrogens is 486 g/mol. The van der Waals surface area contributed by atoms with Crippen molar-refractivity contribution < 1.29 is 14.5 Å². The van der Waals surface area contributed by atoms with Crippen molar-refractivity contribution in [3.63, 3.8) is 0 Å². The van der Waals surface area contributed by atoms with Gasteiger partial charge in [-0.25, -0.2) is 0 Å². The summed E-state index contributed by atoms with van der Waals surface area (Å²) < 4.78 is 0. The van der Waals surface area contributed by atoms with Gasteiger partial charge in [0.15, 0.2) is 0 Å². The Morgan fingerprint density at radius 2 is 1.51 bits per heavy atom. The van der Waals surface area contributed by atoms with Gasteiger partial charge in [-0.2, -0.15) is 0 Å². The first-order chi connectivity index (χ1) is 17.8. The Kier molecular flexibility index (Phi) is 8.00. The molecule has 0 aromatic heterocycles. The highest BCUT2D eigenvalue weighted by Gasteiger charge is 2.23. The van der Waals surface area contributed by atoms with Crippen LogP contribution in [0.5, 0.6) is 0 Å². The molecule has 0 bridgehead atoms. The predicted octanol–water partition coefficient (Wildman–Crippen LogP) is 6.94. The standard InChI is InChI=1S/C29H25N3O4S/c1-19-8-17-26(20(2)18-19)31-29(34)27(21-6-4-3-5-7-21)37-25-15-11-23(12-16-25)30-28(33)22-9-13-24(14-10-22)32(35)36/h3-18,27H,1-2H3,(H,30,33)(H,31,34). The van der Waals surface area contributed by atoms with Crippen LogP contribution >= 0.6 is 11.8 Å². The Balaban J connectivity index is 1.47. The van der Waals surface area contributed by atoms with Gasteiger partial charge in [-0.15, -0.1) is 11.8 Å². The van der Waals surface area contributed by atoms with E-state index in [0.717, 1.165) is 27.3 Å². The number of hydrogen-bond acceptors (Lipinski definition) is 5. The monoisotopic (exact) mass is 511 g/mol. The van der Waals surface area contributed by atoms with Crippen molar-refractivity contribution in [1.82, 2.24) is 0 Å². The number of benzene rings is 4. The van der Waals surface area contributed by atoms with Crippen LogP contribution in [0, 0.1) is 24.0 Å². The minimum atomic E-state index is -0.511. The number of amides is 2. The van der Waals surface area contributed by atoms with Crippen LogP contribution in [0.2, 0.25) is 0 Å². The van der Waals surface area contributed by atoms with Crippen LogP contribution in [0.3, 0.4) is 0 Å². The highest BCUT2D eigenvalue weighted by atomic mass is 32.2. The number of nitro groups is 1. The first-order valence-corrected chi connectivity index (χ1v) is 12.4. The molecule has 0 aliphatic heterocycles. The molecule has 0 radical (unpaired) electrons. The normalized spacial score (nSPS) is 11.4. The van der Waals surface area contributed by atoms with E-state index in [1.807, 2.05) is 74.5 Å². The number of non-ortho nitro benzene ring substituents is 1. The Bertz CT molecular complexity index is 1420. The van der Waals surface area contributed by atoms with Gasteiger partial charge in [0, 0.05) is 34.0 Å². The maximum Gasteiger partial charge on any atom is 0.269 e. The van der Waals surface area contributed by atoms with Crippen molar-refractivity contribution in [2.75, 3.05) is 10.6 Å². The Morgan fingerprint density at radius 3 is 2.14 bits per heavy atom. The average molecular weight is 512 g/mol. The summed E-state index contributed by atoms with van der Waals surface area (Å²) in [5.74, 6) is -0.496. The number of carbonyl (C=O) groups excluding carboxylic acids is 2. The summed E-state index contributed by atoms with van der Waals surface area (Å²) >= 11 is 1.42. The number of nitrogens with zero attached hydrogens (tertiary/aromatic N) is 1. The Labute approximate surface area is 219 Å². The zero-order chi connectivity index (χ0) is 26.4. The van der Waals surface area contributed by atoms with Crippen molar-refractivity contribution in [2.24, 2.45) is 0 Å². The summed E-state index contributed by atoms with van der Waals surface area (Å²) in [7, 11) is 0. The van der Waals surface area contributed by atoms with Crippen LogP contribution in [0.4, 0.5) is 17.1 Å². The van der Waals surface area contributed by atoms with E-state index in [9.17, 15) is 19.7 Å². The van der Waals surface area contributed by atoms with E-state index in [2.05, 4.69) is 10.6 Å². The second-order valence-corrected chi connectivity index (χ2v) is 9.68. The Morgan fingerprint density at radius 1 is 0.838 bits per heavy atom. The molecule has 4 aromatic carbocycles. The quantitative estimate of drug-likeness (QED) is 0.152. The summed E-state index contributed by atoms with van der Waals surface area (Å²) in [4.78, 5) is 37.0. The maximum absolute atomic E-state index is 13.4. The first-order valence-electron chi connectivity index (χ1n) is 11.6. The minimum Gasteiger partial charge on any atom is -0.325 e. The van der Waals surface area contributed by atoms with Gasteiger partial charge >= 0.3 is 0 Å². The zero-order valence-corrected chi connectivity index (χ0v) is 21.1. The molecule has 8 heteroatoms. The van der Waals surface area contributed by atoms with E-state index >= 15 is 0 Å². The van der Waals surface area contributed by atoms with Gasteiger partial charge in [-0.1, -0.05) is 48.0 Å². The average Bonchev–Trinajstić information content (AvgIpc) is 2.90. The molecule has 1 unspecified atom stereocenters. The molecule has 0 saturated heterocycles. The van der Waals surface area contributed by atoms with E-state index in [4.69, 9.17) is 0 Å². The number of thioether (sulfide) groups is 1. The molecule has 7 nitrogen and oxygen atoms in total. The van der Waals surface area contributed by atoms with Crippen LogP contribution < -0.4 is 10.6 Å². The van der Waals surface area contributed by atoms with E-state index < -0.39 is 10.2 Å². The molecule has 4 rings (SSSR count). The molecular formula is C29H25N3O4S. The fourth-order valence-electron chi connectivity index (χ4n) is 3.74. The van der Waals surface area contributed by atoms with Gasteiger partial charge in [-0.3, -0.25) is 19.7 Å². The lowest BCUT2D eigenvalue weighted by atomic mass is 10.1. The fourth-order valence-corrected chi connectivity index (χ4v) is 4.77. The molecule has 4 aromatic rings. The molecule has 1 atom stereocenters. The Hall–Kier alpha value is -4.43. The van der Waals surface area contributed by atoms with Crippen LogP contribution in [0.15, 0.2) is 102 Å². The molecule has 37 heavy (non-hydrogen) atoms. The zero-order valence-electron chi connectivity index (χ0n) is 20.3. The molecule has 0 spiro atoms. The molecule has 0 saturated carbocycles. The summed E-state index contributed by atoms with van der Waals surface area (Å²) in [5.41, 5.74) is 4.60. The summed E-state index contributed by atoms with van der Waals surface area (Å²) in [5, 5.41) is 16.2. The molecule has 0 heterocycles. The predicted molar refractivity (Wildman–Crippen MR) is 147 cm³/mol. The second kappa shape index (κ2) is 11.5. The summed E-state index contributed by atoms with van der Waals surface area (Å²) in [6.45, 7) is 3.98. The molecule has 0 aliphatic rings. The second-order valence-electron chi connectivity index (χ2n) is 8.50. The lowest BCUT2D eigenvalue weighted by Crippen LogP contribution is -2.19. The number of hydrogen-bond donors (Lipinski definition) is 2. The fraction of sp³-hybridized carbons (Fsp3) is 0.103. The molecule has 2 amide bonds. The van der Waals surface area contributed by atoms with Crippen molar-refractivity contribution in [2.45, 2.75) is 24.0 Å². The van der Waals surface area contributed by atoms with E-state index in [0.29, 0.717) is 11.3 Å². The van der Waals surface area contributed by atoms with E-state index in [1.165, 1.54) is 36.0 Å². The molecule has 0 fully saturated rings. The van der Waals surface area contributed by atoms with Gasteiger partial charge in [-0.05, 0) is 67.4 Å². The highest BCUT2D eigenvalue weighted by Crippen LogP contribution is 2.37. The summed E-state index contributed by atoms with van der Waals surface area (Å²) in [6.07, 6.45) is 0. The smallest absolute Gasteiger partial charge is 0.269 e. The largest absolute Gasteiger partial charge is 0.325 e. The third-order valence-corrected chi connectivity index (χ3v) is 6.95. The highest BCUT2D eigenvalue weighted by molar-refractivity contribution is 8.00. The van der Waals surface area contributed by atoms with Gasteiger partial charge < -0.3 is 10.6 Å². The van der Waals surface area contributed by atoms with Crippen molar-refractivity contribution in [3.8, 4) is 0 Å². The van der Waals surface area contributed by atoms with Crippen LogP contribution in [0.1, 0.15) is 32.3 Å². The van der Waals surface area contributed by atoms with Crippen LogP contribution in [0.25, 0.3) is 0 Å². The number of aryl methyl sites for hydroxylation is 2. The number of nitrogens with one attached hydrogen (secondary N) is 2. The number of anilines is 2. The van der Waals surface area contributed by atoms with Gasteiger partial charge in [0.25, 0.3) is 11.6 Å².